The van der Waals surface area contributed by atoms with Crippen LogP contribution in [0.15, 0.2) is 71.9 Å². The number of nitriles is 1. The molecule has 3 aromatic rings. The van der Waals surface area contributed by atoms with Gasteiger partial charge in [0.15, 0.2) is 0 Å². The largest absolute Gasteiger partial charge is 0.478 e. The van der Waals surface area contributed by atoms with Crippen molar-refractivity contribution >= 4 is 33.6 Å². The molecule has 0 fully saturated rings. The number of nitrogens with one attached hydrogen (secondary N) is 1. The third-order valence-corrected chi connectivity index (χ3v) is 6.12. The van der Waals surface area contributed by atoms with Gasteiger partial charge in [-0.15, -0.1) is 0 Å². The van der Waals surface area contributed by atoms with Crippen molar-refractivity contribution in [1.82, 2.24) is 14.3 Å². The number of nitrogens with zero attached hydrogens (tertiary/aromatic N) is 3. The van der Waals surface area contributed by atoms with Crippen LogP contribution in [0.25, 0.3) is 11.3 Å². The highest BCUT2D eigenvalue weighted by atomic mass is 35.5. The van der Waals surface area contributed by atoms with E-state index < -0.39 is 22.0 Å². The second-order valence-corrected chi connectivity index (χ2v) is 8.73. The number of aliphatic carboxylic acids is 2. The number of hydrogen-bond donors (Lipinski definition) is 3. The van der Waals surface area contributed by atoms with Gasteiger partial charge in [0.05, 0.1) is 22.2 Å². The Morgan fingerprint density at radius 1 is 1.18 bits per heavy atom. The fraction of sp³-hybridized carbons (Fsp3) is 0.0909. The van der Waals surface area contributed by atoms with Crippen LogP contribution in [0.5, 0.6) is 0 Å². The maximum absolute atomic E-state index is 13.2. The number of halogens is 1. The van der Waals surface area contributed by atoms with Crippen LogP contribution in [0, 0.1) is 11.3 Å². The van der Waals surface area contributed by atoms with E-state index in [-0.39, 0.29) is 15.6 Å². The van der Waals surface area contributed by atoms with E-state index in [0.717, 1.165) is 5.56 Å². The molecule has 2 aromatic heterocycles. The molecule has 0 aliphatic rings. The number of carboxylic acid groups (broad SMARTS) is 2. The minimum absolute atomic E-state index is 0.0319. The number of rotatable bonds is 7. The molecule has 0 aliphatic carbocycles. The maximum atomic E-state index is 13.2. The summed E-state index contributed by atoms with van der Waals surface area (Å²) in [6, 6.07) is 13.0. The Balaban J connectivity index is 0.000000440. The fourth-order valence-corrected chi connectivity index (χ4v) is 4.41. The second-order valence-electron chi connectivity index (χ2n) is 6.56. The number of aromatic nitrogens is 2. The summed E-state index contributed by atoms with van der Waals surface area (Å²) in [5.74, 6) is -2.51. The summed E-state index contributed by atoms with van der Waals surface area (Å²) in [6.45, 7) is 0.492. The van der Waals surface area contributed by atoms with Crippen LogP contribution in [-0.2, 0) is 26.2 Å². The van der Waals surface area contributed by atoms with Gasteiger partial charge in [-0.1, -0.05) is 17.7 Å². The molecule has 34 heavy (non-hydrogen) atoms. The Hall–Kier alpha value is -3.98. The Bertz CT molecular complexity index is 1360. The minimum atomic E-state index is -3.91. The Morgan fingerprint density at radius 3 is 2.41 bits per heavy atom. The number of benzene rings is 1. The summed E-state index contributed by atoms with van der Waals surface area (Å²) in [5, 5.41) is 27.9. The number of pyridine rings is 1. The second kappa shape index (κ2) is 11.8. The Kier molecular flexibility index (Phi) is 9.09. The first kappa shape index (κ1) is 26.3. The molecular formula is C22H19ClN4O6S. The van der Waals surface area contributed by atoms with Gasteiger partial charge in [0, 0.05) is 36.7 Å². The summed E-state index contributed by atoms with van der Waals surface area (Å²) in [4.78, 5) is 23.2. The number of hydrogen-bond acceptors (Lipinski definition) is 7. The average Bonchev–Trinajstić information content (AvgIpc) is 3.23. The minimum Gasteiger partial charge on any atom is -0.478 e. The van der Waals surface area contributed by atoms with Crippen molar-refractivity contribution in [3.63, 3.8) is 0 Å². The van der Waals surface area contributed by atoms with Crippen molar-refractivity contribution in [2.45, 2.75) is 11.4 Å². The average molecular weight is 503 g/mol. The molecule has 0 radical (unpaired) electrons. The summed E-state index contributed by atoms with van der Waals surface area (Å²) in [7, 11) is -2.14. The molecule has 10 nitrogen and oxygen atoms in total. The molecule has 0 bridgehead atoms. The lowest BCUT2D eigenvalue weighted by Gasteiger charge is -2.11. The SMILES string of the molecule is CNCc1cc(-c2cccnc2Cl)n(S(=O)(=O)c2cccc(C#N)c2)c1.O=C(O)C=CC(=O)O. The van der Waals surface area contributed by atoms with Crippen LogP contribution in [0.4, 0.5) is 0 Å². The molecule has 0 saturated heterocycles. The summed E-state index contributed by atoms with van der Waals surface area (Å²) in [5.41, 5.74) is 1.98. The van der Waals surface area contributed by atoms with Crippen molar-refractivity contribution < 1.29 is 28.2 Å². The van der Waals surface area contributed by atoms with Gasteiger partial charge in [-0.3, -0.25) is 0 Å². The van der Waals surface area contributed by atoms with E-state index >= 15 is 0 Å². The van der Waals surface area contributed by atoms with Gasteiger partial charge in [-0.05, 0) is 49.0 Å². The van der Waals surface area contributed by atoms with E-state index in [2.05, 4.69) is 10.3 Å². The lowest BCUT2D eigenvalue weighted by Crippen LogP contribution is -2.14. The van der Waals surface area contributed by atoms with Gasteiger partial charge < -0.3 is 15.5 Å². The van der Waals surface area contributed by atoms with Crippen LogP contribution in [0.1, 0.15) is 11.1 Å². The first-order valence-corrected chi connectivity index (χ1v) is 11.3. The van der Waals surface area contributed by atoms with Crippen molar-refractivity contribution in [3.05, 3.63) is 83.3 Å². The standard InChI is InChI=1S/C18H15ClN4O2S.C4H4O4/c1-21-11-14-9-17(16-6-3-7-22-18(16)19)23(12-14)26(24,25)15-5-2-4-13(8-15)10-20;5-3(6)1-2-4(7)8/h2-9,12,21H,11H2,1H3;1-2H,(H,5,6)(H,7,8). The molecule has 0 unspecified atom stereocenters. The quantitative estimate of drug-likeness (QED) is 0.325. The highest BCUT2D eigenvalue weighted by molar-refractivity contribution is 7.90. The predicted octanol–water partition coefficient (Wildman–Crippen LogP) is 2.74. The van der Waals surface area contributed by atoms with Crippen LogP contribution < -0.4 is 5.32 Å². The van der Waals surface area contributed by atoms with E-state index in [1.807, 2.05) is 6.07 Å². The molecule has 1 aromatic carbocycles. The van der Waals surface area contributed by atoms with Crippen LogP contribution in [0.3, 0.4) is 0 Å². The van der Waals surface area contributed by atoms with E-state index in [4.69, 9.17) is 27.1 Å². The Morgan fingerprint density at radius 2 is 1.85 bits per heavy atom. The Labute approximate surface area is 200 Å². The molecule has 0 amide bonds. The van der Waals surface area contributed by atoms with Crippen LogP contribution in [0.2, 0.25) is 5.15 Å². The highest BCUT2D eigenvalue weighted by Gasteiger charge is 2.23. The zero-order valence-corrected chi connectivity index (χ0v) is 19.3. The molecule has 12 heteroatoms. The lowest BCUT2D eigenvalue weighted by molar-refractivity contribution is -0.134. The van der Waals surface area contributed by atoms with Gasteiger partial charge in [0.25, 0.3) is 10.0 Å². The van der Waals surface area contributed by atoms with Crippen molar-refractivity contribution in [2.24, 2.45) is 0 Å². The molecule has 176 valence electrons. The molecule has 0 atom stereocenters. The van der Waals surface area contributed by atoms with Crippen LogP contribution >= 0.6 is 11.6 Å². The van der Waals surface area contributed by atoms with Gasteiger partial charge in [-0.2, -0.15) is 5.26 Å². The lowest BCUT2D eigenvalue weighted by atomic mass is 10.2. The van der Waals surface area contributed by atoms with Crippen molar-refractivity contribution in [3.8, 4) is 17.3 Å². The van der Waals surface area contributed by atoms with Gasteiger partial charge in [0.1, 0.15) is 5.15 Å². The molecule has 0 saturated carbocycles. The summed E-state index contributed by atoms with van der Waals surface area (Å²) < 4.78 is 27.6. The van der Waals surface area contributed by atoms with E-state index in [9.17, 15) is 18.0 Å². The van der Waals surface area contributed by atoms with Gasteiger partial charge >= 0.3 is 11.9 Å². The highest BCUT2D eigenvalue weighted by Crippen LogP contribution is 2.31. The summed E-state index contributed by atoms with van der Waals surface area (Å²) in [6.07, 6.45) is 4.20. The van der Waals surface area contributed by atoms with Crippen LogP contribution in [-0.4, -0.2) is 46.6 Å². The molecule has 0 spiro atoms. The molecule has 0 aliphatic heterocycles. The first-order valence-electron chi connectivity index (χ1n) is 9.46. The zero-order chi connectivity index (χ0) is 25.3. The molecule has 3 rings (SSSR count). The normalized spacial score (nSPS) is 10.9. The van der Waals surface area contributed by atoms with Crippen molar-refractivity contribution in [2.75, 3.05) is 7.05 Å². The number of carboxylic acids is 2. The zero-order valence-electron chi connectivity index (χ0n) is 17.7. The fourth-order valence-electron chi connectivity index (χ4n) is 2.75. The first-order chi connectivity index (χ1) is 16.1. The number of carbonyl (C=O) groups is 2. The molecule has 2 heterocycles. The van der Waals surface area contributed by atoms with E-state index in [0.29, 0.717) is 30.0 Å². The molecular weight excluding hydrogens is 484 g/mol. The van der Waals surface area contributed by atoms with Crippen molar-refractivity contribution in [1.29, 1.82) is 5.26 Å². The maximum Gasteiger partial charge on any atom is 0.328 e. The van der Waals surface area contributed by atoms with Gasteiger partial charge in [-0.25, -0.2) is 27.0 Å². The third kappa shape index (κ3) is 6.76. The summed E-state index contributed by atoms with van der Waals surface area (Å²) >= 11 is 6.18. The van der Waals surface area contributed by atoms with Gasteiger partial charge in [0.2, 0.25) is 0 Å². The molecule has 3 N–H and O–H groups in total. The third-order valence-electron chi connectivity index (χ3n) is 4.15. The van der Waals surface area contributed by atoms with E-state index in [1.165, 1.54) is 16.1 Å². The monoisotopic (exact) mass is 502 g/mol. The smallest absolute Gasteiger partial charge is 0.328 e. The predicted molar refractivity (Wildman–Crippen MR) is 124 cm³/mol. The topological polar surface area (TPSA) is 162 Å². The van der Waals surface area contributed by atoms with E-state index in [1.54, 1.807) is 49.8 Å².